The Labute approximate surface area is 172 Å². The van der Waals surface area contributed by atoms with Crippen LogP contribution in [0.15, 0.2) is 23.7 Å². The molecule has 0 aromatic carbocycles. The lowest BCUT2D eigenvalue weighted by molar-refractivity contribution is 0.0794. The lowest BCUT2D eigenvalue weighted by Crippen LogP contribution is -2.39. The number of hydrogen-bond donors (Lipinski definition) is 0. The number of carbonyl (C=O) groups excluding carboxylic acids is 1. The summed E-state index contributed by atoms with van der Waals surface area (Å²) in [6.07, 6.45) is 8.79. The van der Waals surface area contributed by atoms with Gasteiger partial charge in [0.2, 0.25) is 20.8 Å². The van der Waals surface area contributed by atoms with Crippen molar-refractivity contribution in [1.82, 2.24) is 24.0 Å². The first-order chi connectivity index (χ1) is 13.9. The Balaban J connectivity index is 1.77. The Kier molecular flexibility index (Phi) is 6.89. The summed E-state index contributed by atoms with van der Waals surface area (Å²) in [7, 11) is -1.53. The van der Waals surface area contributed by atoms with E-state index in [2.05, 4.69) is 21.8 Å². The van der Waals surface area contributed by atoms with Crippen molar-refractivity contribution in [2.45, 2.75) is 57.8 Å². The minimum Gasteiger partial charge on any atom is -0.332 e. The van der Waals surface area contributed by atoms with Gasteiger partial charge < -0.3 is 9.13 Å². The molecule has 0 amide bonds. The Morgan fingerprint density at radius 1 is 1.28 bits per heavy atom. The van der Waals surface area contributed by atoms with Gasteiger partial charge >= 0.3 is 0 Å². The van der Waals surface area contributed by atoms with Crippen LogP contribution >= 0.6 is 0 Å². The van der Waals surface area contributed by atoms with Crippen molar-refractivity contribution in [3.05, 3.63) is 30.1 Å². The van der Waals surface area contributed by atoms with Crippen LogP contribution in [0.5, 0.6) is 0 Å². The summed E-state index contributed by atoms with van der Waals surface area (Å²) < 4.78 is 28.5. The zero-order chi connectivity index (χ0) is 21.0. The molecule has 0 radical (unpaired) electrons. The molecule has 0 unspecified atom stereocenters. The second kappa shape index (κ2) is 9.21. The van der Waals surface area contributed by atoms with E-state index in [1.54, 1.807) is 30.1 Å². The van der Waals surface area contributed by atoms with Gasteiger partial charge in [-0.05, 0) is 25.8 Å². The van der Waals surface area contributed by atoms with E-state index in [1.165, 1.54) is 0 Å². The van der Waals surface area contributed by atoms with E-state index in [9.17, 15) is 13.2 Å². The third kappa shape index (κ3) is 4.78. The number of carbonyl (C=O) groups is 1. The first-order valence-corrected chi connectivity index (χ1v) is 12.0. The summed E-state index contributed by atoms with van der Waals surface area (Å²) in [5.41, 5.74) is 0.899. The molecule has 1 aliphatic heterocycles. The van der Waals surface area contributed by atoms with Crippen molar-refractivity contribution in [3.8, 4) is 0 Å². The lowest BCUT2D eigenvalue weighted by Gasteiger charge is -2.32. The minimum atomic E-state index is -3.37. The molecule has 0 aliphatic carbocycles. The number of nitrogens with zero attached hydrogens (tertiary/aromatic N) is 5. The molecule has 1 aliphatic rings. The highest BCUT2D eigenvalue weighted by Crippen LogP contribution is 2.23. The van der Waals surface area contributed by atoms with Crippen LogP contribution in [-0.4, -0.2) is 57.0 Å². The highest BCUT2D eigenvalue weighted by Gasteiger charge is 2.30. The van der Waals surface area contributed by atoms with E-state index in [0.29, 0.717) is 25.5 Å². The van der Waals surface area contributed by atoms with Crippen LogP contribution in [0, 0.1) is 5.92 Å². The summed E-state index contributed by atoms with van der Waals surface area (Å²) in [5, 5.41) is 0.168. The molecule has 29 heavy (non-hydrogen) atoms. The molecule has 0 spiro atoms. The van der Waals surface area contributed by atoms with E-state index in [1.807, 2.05) is 11.6 Å². The van der Waals surface area contributed by atoms with Crippen LogP contribution < -0.4 is 0 Å². The zero-order valence-corrected chi connectivity index (χ0v) is 18.4. The maximum Gasteiger partial charge on any atom is 0.227 e. The average Bonchev–Trinajstić information content (AvgIpc) is 3.32. The second-order valence-electron chi connectivity index (χ2n) is 7.74. The van der Waals surface area contributed by atoms with E-state index in [0.717, 1.165) is 37.9 Å². The quantitative estimate of drug-likeness (QED) is 0.577. The van der Waals surface area contributed by atoms with Crippen molar-refractivity contribution in [2.75, 3.05) is 18.8 Å². The molecule has 3 heterocycles. The third-order valence-corrected chi connectivity index (χ3v) is 7.24. The van der Waals surface area contributed by atoms with Crippen molar-refractivity contribution in [2.24, 2.45) is 13.0 Å². The molecule has 1 fully saturated rings. The van der Waals surface area contributed by atoms with Crippen molar-refractivity contribution in [3.63, 3.8) is 0 Å². The number of unbranched alkanes of at least 4 members (excludes halogenated alkanes) is 1. The molecule has 0 saturated carbocycles. The van der Waals surface area contributed by atoms with Gasteiger partial charge in [-0.25, -0.2) is 18.4 Å². The molecule has 8 nitrogen and oxygen atoms in total. The van der Waals surface area contributed by atoms with Gasteiger partial charge in [-0.15, -0.1) is 0 Å². The SMILES string of the molecule is CCCCn1c(CN2CCC[C@@H](C(=O)c3nccn3C)C2)cnc1S(=O)(=O)CC. The summed E-state index contributed by atoms with van der Waals surface area (Å²) >= 11 is 0. The van der Waals surface area contributed by atoms with Gasteiger partial charge in [-0.3, -0.25) is 9.69 Å². The Morgan fingerprint density at radius 2 is 2.07 bits per heavy atom. The third-order valence-electron chi connectivity index (χ3n) is 5.60. The van der Waals surface area contributed by atoms with Gasteiger partial charge in [-0.2, -0.15) is 0 Å². The Hall–Kier alpha value is -2.00. The van der Waals surface area contributed by atoms with Crippen molar-refractivity contribution < 1.29 is 13.2 Å². The predicted molar refractivity (Wildman–Crippen MR) is 110 cm³/mol. The Bertz CT molecular complexity index is 947. The van der Waals surface area contributed by atoms with Gasteiger partial charge in [0.25, 0.3) is 0 Å². The van der Waals surface area contributed by atoms with E-state index in [-0.39, 0.29) is 22.6 Å². The topological polar surface area (TPSA) is 90.1 Å². The molecular weight excluding hydrogens is 390 g/mol. The normalized spacial score (nSPS) is 18.2. The van der Waals surface area contributed by atoms with Crippen LogP contribution in [-0.2, 0) is 30.0 Å². The fraction of sp³-hybridized carbons (Fsp3) is 0.650. The van der Waals surface area contributed by atoms with Gasteiger partial charge in [0.1, 0.15) is 0 Å². The van der Waals surface area contributed by atoms with Gasteiger partial charge in [0.15, 0.2) is 5.82 Å². The first-order valence-electron chi connectivity index (χ1n) is 10.4. The van der Waals surface area contributed by atoms with Gasteiger partial charge in [-0.1, -0.05) is 20.3 Å². The fourth-order valence-electron chi connectivity index (χ4n) is 3.88. The molecular formula is C20H31N5O3S. The smallest absolute Gasteiger partial charge is 0.227 e. The number of aryl methyl sites for hydroxylation is 1. The largest absolute Gasteiger partial charge is 0.332 e. The molecule has 1 atom stereocenters. The number of rotatable bonds is 9. The first kappa shape index (κ1) is 21.7. The highest BCUT2D eigenvalue weighted by molar-refractivity contribution is 7.91. The fourth-order valence-corrected chi connectivity index (χ4v) is 4.89. The highest BCUT2D eigenvalue weighted by atomic mass is 32.2. The van der Waals surface area contributed by atoms with E-state index in [4.69, 9.17) is 0 Å². The predicted octanol–water partition coefficient (Wildman–Crippen LogP) is 2.31. The number of aromatic nitrogens is 4. The monoisotopic (exact) mass is 421 g/mol. The summed E-state index contributed by atoms with van der Waals surface area (Å²) in [6.45, 7) is 6.51. The molecule has 2 aromatic heterocycles. The number of Topliss-reactive ketones (excluding diaryl/α,β-unsaturated/α-hetero) is 1. The van der Waals surface area contributed by atoms with Gasteiger partial charge in [0.05, 0.1) is 17.6 Å². The zero-order valence-electron chi connectivity index (χ0n) is 17.5. The number of piperidine rings is 1. The summed E-state index contributed by atoms with van der Waals surface area (Å²) in [6, 6.07) is 0. The molecule has 3 rings (SSSR count). The van der Waals surface area contributed by atoms with Crippen LogP contribution in [0.25, 0.3) is 0 Å². The minimum absolute atomic E-state index is 0.0412. The van der Waals surface area contributed by atoms with Gasteiger partial charge in [0, 0.05) is 45.0 Å². The molecule has 1 saturated heterocycles. The van der Waals surface area contributed by atoms with Crippen LogP contribution in [0.4, 0.5) is 0 Å². The number of imidazole rings is 2. The second-order valence-corrected chi connectivity index (χ2v) is 9.91. The Morgan fingerprint density at radius 3 is 2.72 bits per heavy atom. The van der Waals surface area contributed by atoms with E-state index < -0.39 is 9.84 Å². The number of hydrogen-bond acceptors (Lipinski definition) is 6. The van der Waals surface area contributed by atoms with Crippen LogP contribution in [0.1, 0.15) is 55.8 Å². The average molecular weight is 422 g/mol. The molecule has 9 heteroatoms. The summed E-state index contributed by atoms with van der Waals surface area (Å²) in [4.78, 5) is 23.5. The number of sulfone groups is 1. The van der Waals surface area contributed by atoms with Crippen LogP contribution in [0.3, 0.4) is 0 Å². The van der Waals surface area contributed by atoms with Crippen molar-refractivity contribution in [1.29, 1.82) is 0 Å². The number of ketones is 1. The standard InChI is InChI=1S/C20H31N5O3S/c1-4-6-11-25-17(13-22-20(25)29(27,28)5-2)15-24-10-7-8-16(14-24)18(26)19-21-9-12-23(19)3/h9,12-13,16H,4-8,10-11,14-15H2,1-3H3/t16-/m1/s1. The molecule has 2 aromatic rings. The summed E-state index contributed by atoms with van der Waals surface area (Å²) in [5.74, 6) is 0.535. The lowest BCUT2D eigenvalue weighted by atomic mass is 9.93. The molecule has 0 N–H and O–H groups in total. The maximum atomic E-state index is 12.9. The van der Waals surface area contributed by atoms with Crippen LogP contribution in [0.2, 0.25) is 0 Å². The molecule has 0 bridgehead atoms. The molecule has 160 valence electrons. The number of likely N-dealkylation sites (tertiary alicyclic amines) is 1. The maximum absolute atomic E-state index is 12.9. The van der Waals surface area contributed by atoms with E-state index >= 15 is 0 Å². The van der Waals surface area contributed by atoms with Crippen molar-refractivity contribution >= 4 is 15.6 Å².